The number of hydrogen-bond acceptors (Lipinski definition) is 29. The number of carbonyl (C=O) groups is 7. The highest BCUT2D eigenvalue weighted by molar-refractivity contribution is 9.10. The molecule has 674 valence electrons. The van der Waals surface area contributed by atoms with Gasteiger partial charge in [-0.3, -0.25) is 24.0 Å². The van der Waals surface area contributed by atoms with Crippen LogP contribution in [0.1, 0.15) is 125 Å². The molecule has 0 unspecified atom stereocenters. The number of anilines is 2. The number of alkyl halides is 3. The van der Waals surface area contributed by atoms with Gasteiger partial charge in [0.1, 0.15) is 39.7 Å². The Balaban J connectivity index is 0.000000382. The Morgan fingerprint density at radius 3 is 1.18 bits per heavy atom. The largest absolute Gasteiger partial charge is 0.505 e. The van der Waals surface area contributed by atoms with Crippen LogP contribution in [-0.4, -0.2) is 166 Å². The van der Waals surface area contributed by atoms with Crippen LogP contribution in [0.15, 0.2) is 167 Å². The van der Waals surface area contributed by atoms with E-state index < -0.39 is 18.7 Å². The van der Waals surface area contributed by atoms with Gasteiger partial charge in [-0.25, -0.2) is 44.5 Å². The summed E-state index contributed by atoms with van der Waals surface area (Å²) in [5, 5.41) is 42.1. The number of thiophene rings is 4. The Hall–Kier alpha value is -8.77. The number of rotatable bonds is 27. The van der Waals surface area contributed by atoms with Gasteiger partial charge in [0.05, 0.1) is 76.3 Å². The van der Waals surface area contributed by atoms with Crippen LogP contribution in [-0.2, 0) is 14.3 Å². The predicted molar refractivity (Wildman–Crippen MR) is 520 cm³/mol. The van der Waals surface area contributed by atoms with E-state index in [1.807, 2.05) is 71.0 Å². The van der Waals surface area contributed by atoms with Gasteiger partial charge in [-0.05, 0) is 244 Å². The molecule has 11 rings (SSSR count). The molecule has 0 atom stereocenters. The lowest BCUT2D eigenvalue weighted by Crippen LogP contribution is -2.33. The first-order valence-electron chi connectivity index (χ1n) is 37.0. The fourth-order valence-corrected chi connectivity index (χ4v) is 13.8. The second-order valence-electron chi connectivity index (χ2n) is 25.3. The van der Waals surface area contributed by atoms with Crippen LogP contribution >= 0.6 is 174 Å². The van der Waals surface area contributed by atoms with Gasteiger partial charge in [0.25, 0.3) is 0 Å². The number of carboxylic acid groups (broad SMARTS) is 1. The fraction of sp³-hybridized carbons (Fsp3) is 0.253. The Morgan fingerprint density at radius 2 is 0.865 bits per heavy atom. The molecule has 0 fully saturated rings. The number of alkyl carbamates (subject to hydrolysis) is 1. The molecule has 0 aliphatic heterocycles. The molecule has 12 N–H and O–H groups in total. The van der Waals surface area contributed by atoms with E-state index in [-0.39, 0.29) is 63.1 Å². The highest BCUT2D eigenvalue weighted by Gasteiger charge is 2.18. The van der Waals surface area contributed by atoms with Gasteiger partial charge in [-0.1, -0.05) is 93.8 Å². The van der Waals surface area contributed by atoms with Crippen molar-refractivity contribution in [3.8, 4) is 60.5 Å². The predicted octanol–water partition coefficient (Wildman–Crippen LogP) is 20.5. The number of nitrogens with zero attached hydrogens (tertiary/aromatic N) is 7. The molecule has 0 aromatic carbocycles. The maximum Gasteiger partial charge on any atom is 0.499 e. The third-order valence-corrected chi connectivity index (χ3v) is 21.5. The highest BCUT2D eigenvalue weighted by Crippen LogP contribution is 2.35. The molecule has 0 aliphatic carbocycles. The third kappa shape index (κ3) is 45.3. The van der Waals surface area contributed by atoms with Gasteiger partial charge >= 0.3 is 19.2 Å². The van der Waals surface area contributed by atoms with Crippen LogP contribution in [0.25, 0.3) is 43.9 Å². The van der Waals surface area contributed by atoms with E-state index in [0.29, 0.717) is 125 Å². The maximum absolute atomic E-state index is 11.9. The molecule has 0 aliphatic rings. The molecular weight excluding hydrogens is 2050 g/mol. The van der Waals surface area contributed by atoms with E-state index in [1.54, 1.807) is 111 Å². The van der Waals surface area contributed by atoms with Crippen LogP contribution in [0.5, 0.6) is 28.7 Å². The molecule has 0 spiro atoms. The van der Waals surface area contributed by atoms with Crippen molar-refractivity contribution in [2.75, 3.05) is 68.2 Å². The van der Waals surface area contributed by atoms with E-state index in [9.17, 15) is 33.6 Å². The number of carbonyl (C=O) groups excluding carboxylic acids is 6. The number of ketones is 4. The number of carboxylic acids is 1. The Kier molecular flexibility index (Phi) is 53.8. The average molecular weight is 2140 g/mol. The summed E-state index contributed by atoms with van der Waals surface area (Å²) in [4.78, 5) is 111. The van der Waals surface area contributed by atoms with Gasteiger partial charge in [-0.2, -0.15) is 0 Å². The van der Waals surface area contributed by atoms with Crippen molar-refractivity contribution in [2.24, 2.45) is 5.73 Å². The maximum atomic E-state index is 11.9. The number of ether oxygens (including phenoxy) is 5. The number of pyridine rings is 7. The zero-order valence-electron chi connectivity index (χ0n) is 69.0. The van der Waals surface area contributed by atoms with E-state index in [0.717, 1.165) is 76.6 Å². The van der Waals surface area contributed by atoms with E-state index >= 15 is 0 Å². The van der Waals surface area contributed by atoms with Gasteiger partial charge in [0.2, 0.25) is 5.91 Å². The Bertz CT molecular complexity index is 5220. The van der Waals surface area contributed by atoms with Crippen LogP contribution in [0, 0.1) is 0 Å². The number of nitrogens with one attached hydrogen (secondary N) is 2. The lowest BCUT2D eigenvalue weighted by Gasteiger charge is -2.19. The minimum absolute atomic E-state index is 0.000123. The number of Topliss-reactive ketones (excluding diaryl/α,β-unsaturated/α-hetero) is 4. The fourth-order valence-electron chi connectivity index (χ4n) is 8.41. The van der Waals surface area contributed by atoms with Gasteiger partial charge in [0.15, 0.2) is 77.6 Å². The molecule has 0 bridgehead atoms. The summed E-state index contributed by atoms with van der Waals surface area (Å²) in [6, 6.07) is 38.2. The summed E-state index contributed by atoms with van der Waals surface area (Å²) < 4.78 is 28.4. The molecule has 43 heteroatoms. The Labute approximate surface area is 805 Å². The van der Waals surface area contributed by atoms with Gasteiger partial charge in [0, 0.05) is 47.7 Å². The number of aromatic nitrogens is 7. The van der Waals surface area contributed by atoms with Crippen LogP contribution in [0.2, 0.25) is 25.8 Å². The van der Waals surface area contributed by atoms with E-state index in [1.165, 1.54) is 78.3 Å². The number of nitrogens with two attached hydrogens (primary N) is 3. The van der Waals surface area contributed by atoms with Crippen molar-refractivity contribution in [1.29, 1.82) is 0 Å². The SMILES string of the molecule is CC(=O)c1ccc(-c2ccc(OCCN)c(Cl)n2)s1.CC(=O)c1ccc(-c2ccc(OCCNC(=O)/C=C/c3ccc(N)nc3)c(Cl)n2)s1.CC(=O)c1ccc(B(O)O)s1.CC(C)(C)OC(=O)NCCBr.CCCOc1ccc(-c2ccc(C(C)=O)s2)nc1Cl.CCCOc1ccc(Br)nc1Cl.ClCCl.Nc1ccc(/C=C/C(=O)O)cn1.Oc1ccc(Br)nc1Cl. The third-order valence-electron chi connectivity index (χ3n) is 14.0. The molecule has 11 aromatic heterocycles. The summed E-state index contributed by atoms with van der Waals surface area (Å²) >= 11 is 53.8. The summed E-state index contributed by atoms with van der Waals surface area (Å²) in [6.45, 7) is 18.9. The second-order valence-corrected chi connectivity index (χ2v) is 34.7. The first kappa shape index (κ1) is 111. The van der Waals surface area contributed by atoms with E-state index in [4.69, 9.17) is 142 Å². The molecular formula is C83H89BBr3Cl7N12O16S4. The van der Waals surface area contributed by atoms with Crippen molar-refractivity contribution in [3.05, 3.63) is 224 Å². The van der Waals surface area contributed by atoms with Crippen molar-refractivity contribution in [3.63, 3.8) is 0 Å². The molecule has 0 saturated carbocycles. The second kappa shape index (κ2) is 60.9. The number of amides is 2. The minimum Gasteiger partial charge on any atom is -0.505 e. The first-order chi connectivity index (χ1) is 59.7. The molecule has 0 saturated heterocycles. The summed E-state index contributed by atoms with van der Waals surface area (Å²) in [5.41, 5.74) is 19.4. The summed E-state index contributed by atoms with van der Waals surface area (Å²) in [7, 11) is -1.46. The lowest BCUT2D eigenvalue weighted by molar-refractivity contribution is -0.131. The van der Waals surface area contributed by atoms with Crippen molar-refractivity contribution in [2.45, 2.75) is 80.8 Å². The standard InChI is InChI=1S/C21H19ClN4O3S.C14H14ClNO2S.C13H13ClN2O2S.C8H9BrClNO.C8H8N2O2.C7H14BrNO2.C6H7BO3S.C5H3BrClNO.CH2Cl2/c1-13(27)17-6-7-18(30-17)15-4-5-16(21(22)26-15)29-11-10-24-20(28)9-3-14-2-8-19(23)25-12-14;1-3-8-18-11-5-4-10(16-14(11)15)13-7-6-12(19-13)9(2)17;1-8(17)11-4-5-12(19-11)9-2-3-10(13(14)16-9)18-7-6-15;1-2-5-12-6-3-4-7(9)11-8(6)10;9-7-3-1-6(5-10-7)2-4-8(11)12;1-7(2,3)11-6(10)9-5-4-8;1-4(8)5-2-3-6(11-5)7(9)10;6-4-2-1-3(9)5(7)8-4;2-1-3/h2-9,12H,10-11H2,1H3,(H2,23,25)(H,24,28);4-7H,3,8H2,1-2H3;2-5H,6-7,15H2,1H3;3-4H,2,5H2,1H3;1-5H,(H2,9,10)(H,11,12);4-5H2,1-3H3,(H,9,10);2-3,9-10H,1H3;1-2,9H;1H2/b9-3+;;;;4-2+;;;;. The van der Waals surface area contributed by atoms with Crippen molar-refractivity contribution < 1.29 is 77.5 Å². The number of aliphatic carboxylic acids is 1. The van der Waals surface area contributed by atoms with Crippen LogP contribution in [0.4, 0.5) is 16.4 Å². The zero-order valence-corrected chi connectivity index (χ0v) is 82.3. The summed E-state index contributed by atoms with van der Waals surface area (Å²) in [6.07, 6.45) is 10.2. The number of nitrogen functional groups attached to an aromatic ring is 2. The topological polar surface area (TPSA) is 439 Å². The monoisotopic (exact) mass is 2130 g/mol. The minimum atomic E-state index is -1.46. The Morgan fingerprint density at radius 1 is 0.492 bits per heavy atom. The normalized spacial score (nSPS) is 10.3. The quantitative estimate of drug-likeness (QED) is 0.00576. The zero-order chi connectivity index (χ0) is 94.0. The van der Waals surface area contributed by atoms with Crippen LogP contribution < -0.4 is 51.6 Å². The number of halogens is 10. The number of aromatic hydroxyl groups is 1. The first-order valence-corrected chi connectivity index (χ1v) is 46.0. The smallest absolute Gasteiger partial charge is 0.499 e. The van der Waals surface area contributed by atoms with Crippen LogP contribution in [0.3, 0.4) is 0 Å². The molecule has 2 amide bonds. The molecule has 126 heavy (non-hydrogen) atoms. The van der Waals surface area contributed by atoms with Crippen molar-refractivity contribution in [1.82, 2.24) is 45.5 Å². The lowest BCUT2D eigenvalue weighted by atomic mass is 9.90. The van der Waals surface area contributed by atoms with Crippen molar-refractivity contribution >= 4 is 251 Å². The van der Waals surface area contributed by atoms with Gasteiger partial charge in [-0.15, -0.1) is 68.5 Å². The molecule has 28 nitrogen and oxygen atoms in total. The van der Waals surface area contributed by atoms with E-state index in [2.05, 4.69) is 93.3 Å². The average Bonchev–Trinajstić information content (AvgIpc) is 1.64. The molecule has 11 heterocycles. The van der Waals surface area contributed by atoms with Gasteiger partial charge < -0.3 is 71.8 Å². The number of hydrogen-bond donors (Lipinski definition) is 9. The highest BCUT2D eigenvalue weighted by atomic mass is 79.9. The summed E-state index contributed by atoms with van der Waals surface area (Å²) in [5.74, 6) is 1.84. The molecule has 0 radical (unpaired) electrons. The molecule has 11 aromatic rings.